The normalized spacial score (nSPS) is 14.3. The van der Waals surface area contributed by atoms with Gasteiger partial charge in [0, 0.05) is 37.0 Å². The number of benzene rings is 1. The molecule has 0 bridgehead atoms. The highest BCUT2D eigenvalue weighted by Crippen LogP contribution is 2.31. The summed E-state index contributed by atoms with van der Waals surface area (Å²) in [7, 11) is 1.77. The summed E-state index contributed by atoms with van der Waals surface area (Å²) in [6.45, 7) is 0.0280. The maximum atomic E-state index is 13.8. The number of carbonyl (C=O) groups excluding carboxylic acids is 1. The number of nitrogens with one attached hydrogen (secondary N) is 1. The molecule has 1 aliphatic carbocycles. The van der Waals surface area contributed by atoms with Crippen LogP contribution in [0.2, 0.25) is 0 Å². The van der Waals surface area contributed by atoms with E-state index in [2.05, 4.69) is 10.4 Å². The Hall–Kier alpha value is -2.58. The second kappa shape index (κ2) is 6.97. The van der Waals surface area contributed by atoms with Gasteiger partial charge in [-0.05, 0) is 31.0 Å². The SMILES string of the molecule is Cn1cc(CN(C(=O)NCc2cc(C(F)(F)F)ccc2F)C2CC2)cn1. The van der Waals surface area contributed by atoms with Crippen molar-refractivity contribution < 1.29 is 22.4 Å². The monoisotopic (exact) mass is 370 g/mol. The van der Waals surface area contributed by atoms with Crippen LogP contribution >= 0.6 is 0 Å². The van der Waals surface area contributed by atoms with Gasteiger partial charge in [-0.1, -0.05) is 0 Å². The highest BCUT2D eigenvalue weighted by molar-refractivity contribution is 5.75. The number of carbonyl (C=O) groups is 1. The summed E-state index contributed by atoms with van der Waals surface area (Å²) < 4.78 is 53.7. The summed E-state index contributed by atoms with van der Waals surface area (Å²) in [6.07, 6.45) is 0.605. The second-order valence-electron chi connectivity index (χ2n) is 6.34. The maximum Gasteiger partial charge on any atom is 0.416 e. The minimum Gasteiger partial charge on any atom is -0.334 e. The molecule has 0 radical (unpaired) electrons. The van der Waals surface area contributed by atoms with Crippen molar-refractivity contribution in [2.75, 3.05) is 0 Å². The van der Waals surface area contributed by atoms with E-state index in [9.17, 15) is 22.4 Å². The molecular weight excluding hydrogens is 352 g/mol. The van der Waals surface area contributed by atoms with Gasteiger partial charge >= 0.3 is 12.2 Å². The zero-order valence-electron chi connectivity index (χ0n) is 14.1. The van der Waals surface area contributed by atoms with Crippen LogP contribution in [0, 0.1) is 5.82 Å². The predicted molar refractivity (Wildman–Crippen MR) is 85.4 cm³/mol. The Morgan fingerprint density at radius 1 is 1.38 bits per heavy atom. The molecule has 0 spiro atoms. The van der Waals surface area contributed by atoms with E-state index in [1.807, 2.05) is 0 Å². The molecule has 9 heteroatoms. The molecule has 5 nitrogen and oxygen atoms in total. The van der Waals surface area contributed by atoms with E-state index in [1.165, 1.54) is 0 Å². The molecular formula is C17H18F4N4O. The summed E-state index contributed by atoms with van der Waals surface area (Å²) in [5.41, 5.74) is -0.303. The molecule has 1 N–H and O–H groups in total. The summed E-state index contributed by atoms with van der Waals surface area (Å²) in [4.78, 5) is 14.0. The smallest absolute Gasteiger partial charge is 0.334 e. The number of hydrogen-bond acceptors (Lipinski definition) is 2. The van der Waals surface area contributed by atoms with Crippen LogP contribution in [0.1, 0.15) is 29.5 Å². The third-order valence-corrected chi connectivity index (χ3v) is 4.16. The molecule has 0 atom stereocenters. The van der Waals surface area contributed by atoms with E-state index >= 15 is 0 Å². The van der Waals surface area contributed by atoms with Gasteiger partial charge in [-0.25, -0.2) is 9.18 Å². The molecule has 3 rings (SSSR count). The van der Waals surface area contributed by atoms with Gasteiger partial charge in [-0.15, -0.1) is 0 Å². The van der Waals surface area contributed by atoms with Crippen molar-refractivity contribution in [1.82, 2.24) is 20.0 Å². The van der Waals surface area contributed by atoms with Crippen molar-refractivity contribution >= 4 is 6.03 Å². The van der Waals surface area contributed by atoms with Crippen LogP contribution in [0.3, 0.4) is 0 Å². The molecule has 1 heterocycles. The highest BCUT2D eigenvalue weighted by Gasteiger charge is 2.33. The number of nitrogens with zero attached hydrogens (tertiary/aromatic N) is 3. The van der Waals surface area contributed by atoms with Crippen molar-refractivity contribution in [2.45, 2.75) is 38.1 Å². The number of rotatable bonds is 5. The van der Waals surface area contributed by atoms with Crippen LogP contribution in [0.4, 0.5) is 22.4 Å². The number of amides is 2. The van der Waals surface area contributed by atoms with Crippen LogP contribution in [0.25, 0.3) is 0 Å². The molecule has 0 saturated heterocycles. The fraction of sp³-hybridized carbons (Fsp3) is 0.412. The van der Waals surface area contributed by atoms with E-state index in [4.69, 9.17) is 0 Å². The minimum absolute atomic E-state index is 0.0848. The summed E-state index contributed by atoms with van der Waals surface area (Å²) >= 11 is 0. The van der Waals surface area contributed by atoms with Crippen molar-refractivity contribution in [1.29, 1.82) is 0 Å². The van der Waals surface area contributed by atoms with Gasteiger partial charge in [0.25, 0.3) is 0 Å². The Labute approximate surface area is 147 Å². The third-order valence-electron chi connectivity index (χ3n) is 4.16. The van der Waals surface area contributed by atoms with Crippen LogP contribution in [-0.2, 0) is 26.3 Å². The first kappa shape index (κ1) is 18.2. The average Bonchev–Trinajstić information content (AvgIpc) is 3.32. The zero-order chi connectivity index (χ0) is 18.9. The average molecular weight is 370 g/mol. The van der Waals surface area contributed by atoms with Gasteiger partial charge in [0.05, 0.1) is 18.3 Å². The standard InChI is InChI=1S/C17H18F4N4O/c1-24-9-11(7-23-24)10-25(14-3-4-14)16(26)22-8-12-6-13(17(19,20)21)2-5-15(12)18/h2,5-7,9,14H,3-4,8,10H2,1H3,(H,22,26). The minimum atomic E-state index is -4.56. The Morgan fingerprint density at radius 3 is 2.69 bits per heavy atom. The third kappa shape index (κ3) is 4.33. The molecule has 1 aliphatic rings. The summed E-state index contributed by atoms with van der Waals surface area (Å²) in [5.74, 6) is -0.788. The number of aryl methyl sites for hydroxylation is 1. The lowest BCUT2D eigenvalue weighted by Crippen LogP contribution is -2.40. The van der Waals surface area contributed by atoms with Gasteiger partial charge < -0.3 is 10.2 Å². The molecule has 2 aromatic rings. The Kier molecular flexibility index (Phi) is 4.88. The first-order valence-electron chi connectivity index (χ1n) is 8.11. The Morgan fingerprint density at radius 2 is 2.12 bits per heavy atom. The second-order valence-corrected chi connectivity index (χ2v) is 6.34. The van der Waals surface area contributed by atoms with Gasteiger partial charge in [-0.2, -0.15) is 18.3 Å². The first-order valence-corrected chi connectivity index (χ1v) is 8.11. The summed E-state index contributed by atoms with van der Waals surface area (Å²) in [6, 6.07) is 1.81. The largest absolute Gasteiger partial charge is 0.416 e. The molecule has 1 aromatic heterocycles. The topological polar surface area (TPSA) is 50.2 Å². The number of halogens is 4. The fourth-order valence-electron chi connectivity index (χ4n) is 2.66. The first-order chi connectivity index (χ1) is 12.2. The fourth-order valence-corrected chi connectivity index (χ4v) is 2.66. The Balaban J connectivity index is 1.67. The van der Waals surface area contributed by atoms with E-state index < -0.39 is 23.6 Å². The van der Waals surface area contributed by atoms with Crippen LogP contribution < -0.4 is 5.32 Å². The molecule has 0 unspecified atom stereocenters. The van der Waals surface area contributed by atoms with Crippen molar-refractivity contribution in [3.05, 3.63) is 53.1 Å². The lowest BCUT2D eigenvalue weighted by atomic mass is 10.1. The predicted octanol–water partition coefficient (Wildman–Crippen LogP) is 3.45. The molecule has 26 heavy (non-hydrogen) atoms. The van der Waals surface area contributed by atoms with Crippen LogP contribution in [0.5, 0.6) is 0 Å². The van der Waals surface area contributed by atoms with E-state index in [0.29, 0.717) is 12.6 Å². The number of hydrogen-bond donors (Lipinski definition) is 1. The zero-order valence-corrected chi connectivity index (χ0v) is 14.1. The molecule has 1 aromatic carbocycles. The molecule has 0 aliphatic heterocycles. The van der Waals surface area contributed by atoms with Crippen molar-refractivity contribution in [3.63, 3.8) is 0 Å². The quantitative estimate of drug-likeness (QED) is 0.820. The molecule has 1 saturated carbocycles. The van der Waals surface area contributed by atoms with E-state index in [-0.39, 0.29) is 18.2 Å². The van der Waals surface area contributed by atoms with Gasteiger partial charge in [0.15, 0.2) is 0 Å². The number of alkyl halides is 3. The van der Waals surface area contributed by atoms with Gasteiger partial charge in [0.1, 0.15) is 5.82 Å². The highest BCUT2D eigenvalue weighted by atomic mass is 19.4. The summed E-state index contributed by atoms with van der Waals surface area (Å²) in [5, 5.41) is 6.57. The Bertz CT molecular complexity index is 798. The number of urea groups is 1. The lowest BCUT2D eigenvalue weighted by Gasteiger charge is -2.22. The number of aromatic nitrogens is 2. The van der Waals surface area contributed by atoms with Crippen LogP contribution in [-0.4, -0.2) is 26.8 Å². The molecule has 140 valence electrons. The van der Waals surface area contributed by atoms with Gasteiger partial charge in [0.2, 0.25) is 0 Å². The van der Waals surface area contributed by atoms with Gasteiger partial charge in [-0.3, -0.25) is 4.68 Å². The van der Waals surface area contributed by atoms with Crippen LogP contribution in [0.15, 0.2) is 30.6 Å². The molecule has 1 fully saturated rings. The maximum absolute atomic E-state index is 13.8. The van der Waals surface area contributed by atoms with Crippen molar-refractivity contribution in [2.24, 2.45) is 7.05 Å². The van der Waals surface area contributed by atoms with E-state index in [0.717, 1.165) is 30.5 Å². The van der Waals surface area contributed by atoms with E-state index in [1.54, 1.807) is 29.0 Å². The van der Waals surface area contributed by atoms with Crippen molar-refractivity contribution in [3.8, 4) is 0 Å². The lowest BCUT2D eigenvalue weighted by molar-refractivity contribution is -0.137. The molecule has 2 amide bonds.